The van der Waals surface area contributed by atoms with E-state index in [1.54, 1.807) is 24.3 Å². The minimum atomic E-state index is -1.38. The molecule has 1 unspecified atom stereocenters. The van der Waals surface area contributed by atoms with Gasteiger partial charge in [0.2, 0.25) is 5.78 Å². The first-order chi connectivity index (χ1) is 6.11. The van der Waals surface area contributed by atoms with Crippen LogP contribution in [-0.4, -0.2) is 23.1 Å². The van der Waals surface area contributed by atoms with E-state index >= 15 is 0 Å². The summed E-state index contributed by atoms with van der Waals surface area (Å²) in [5, 5.41) is 9.62. The summed E-state index contributed by atoms with van der Waals surface area (Å²) in [7, 11) is 0. The zero-order chi connectivity index (χ0) is 9.47. The van der Waals surface area contributed by atoms with Gasteiger partial charge in [0, 0.05) is 0 Å². The fourth-order valence-electron chi connectivity index (χ4n) is 1.35. The Morgan fingerprint density at radius 1 is 1.46 bits per heavy atom. The fraction of sp³-hybridized carbons (Fsp3) is 0.300. The van der Waals surface area contributed by atoms with Gasteiger partial charge in [-0.15, -0.1) is 0 Å². The number of ketones is 1. The van der Waals surface area contributed by atoms with E-state index in [0.717, 1.165) is 0 Å². The molecule has 1 N–H and O–H groups in total. The van der Waals surface area contributed by atoms with Gasteiger partial charge in [-0.2, -0.15) is 0 Å². The molecule has 1 aromatic carbocycles. The average molecular weight is 178 g/mol. The van der Waals surface area contributed by atoms with Crippen LogP contribution in [0.1, 0.15) is 17.3 Å². The number of rotatable bonds is 0. The van der Waals surface area contributed by atoms with Gasteiger partial charge in [-0.3, -0.25) is 4.79 Å². The minimum absolute atomic E-state index is 0.0306. The maximum atomic E-state index is 11.6. The Morgan fingerprint density at radius 2 is 2.15 bits per heavy atom. The zero-order valence-corrected chi connectivity index (χ0v) is 7.28. The largest absolute Gasteiger partial charge is 0.489 e. The molecule has 0 fully saturated rings. The third-order valence-electron chi connectivity index (χ3n) is 2.13. The molecule has 0 bridgehead atoms. The van der Waals surface area contributed by atoms with Crippen LogP contribution in [0.5, 0.6) is 5.75 Å². The SMILES string of the molecule is CC1(O)COc2ccccc2C1=O. The number of hydrogen-bond acceptors (Lipinski definition) is 3. The van der Waals surface area contributed by atoms with Crippen molar-refractivity contribution in [1.82, 2.24) is 0 Å². The van der Waals surface area contributed by atoms with Gasteiger partial charge in [-0.05, 0) is 19.1 Å². The van der Waals surface area contributed by atoms with E-state index in [9.17, 15) is 9.90 Å². The molecule has 0 aromatic heterocycles. The predicted octanol–water partition coefficient (Wildman–Crippen LogP) is 1.01. The molecule has 0 saturated carbocycles. The van der Waals surface area contributed by atoms with Crippen LogP contribution in [0.3, 0.4) is 0 Å². The monoisotopic (exact) mass is 178 g/mol. The van der Waals surface area contributed by atoms with Gasteiger partial charge in [0.15, 0.2) is 5.60 Å². The first-order valence-electron chi connectivity index (χ1n) is 4.10. The highest BCUT2D eigenvalue weighted by Gasteiger charge is 2.37. The smallest absolute Gasteiger partial charge is 0.201 e. The predicted molar refractivity (Wildman–Crippen MR) is 46.9 cm³/mol. The number of benzene rings is 1. The van der Waals surface area contributed by atoms with Gasteiger partial charge in [0.1, 0.15) is 12.4 Å². The molecule has 13 heavy (non-hydrogen) atoms. The van der Waals surface area contributed by atoms with Crippen molar-refractivity contribution < 1.29 is 14.6 Å². The molecular weight excluding hydrogens is 168 g/mol. The Hall–Kier alpha value is -1.35. The van der Waals surface area contributed by atoms with Crippen molar-refractivity contribution in [2.75, 3.05) is 6.61 Å². The Bertz CT molecular complexity index is 355. The van der Waals surface area contributed by atoms with Gasteiger partial charge < -0.3 is 9.84 Å². The van der Waals surface area contributed by atoms with Crippen molar-refractivity contribution >= 4 is 5.78 Å². The molecule has 2 rings (SSSR count). The number of Topliss-reactive ketones (excluding diaryl/α,β-unsaturated/α-hetero) is 1. The van der Waals surface area contributed by atoms with E-state index in [1.807, 2.05) is 0 Å². The summed E-state index contributed by atoms with van der Waals surface area (Å²) >= 11 is 0. The van der Waals surface area contributed by atoms with Crippen LogP contribution in [-0.2, 0) is 0 Å². The molecular formula is C10H10O3. The Balaban J connectivity index is 2.52. The number of ether oxygens (including phenoxy) is 1. The highest BCUT2D eigenvalue weighted by Crippen LogP contribution is 2.28. The topological polar surface area (TPSA) is 46.5 Å². The second-order valence-electron chi connectivity index (χ2n) is 3.39. The molecule has 0 spiro atoms. The lowest BCUT2D eigenvalue weighted by Gasteiger charge is -2.28. The third-order valence-corrected chi connectivity index (χ3v) is 2.13. The number of para-hydroxylation sites is 1. The highest BCUT2D eigenvalue weighted by atomic mass is 16.5. The lowest BCUT2D eigenvalue weighted by molar-refractivity contribution is 0.00849. The van der Waals surface area contributed by atoms with E-state index < -0.39 is 5.60 Å². The molecule has 1 aromatic rings. The molecule has 0 amide bonds. The van der Waals surface area contributed by atoms with Crippen LogP contribution in [0, 0.1) is 0 Å². The number of carbonyl (C=O) groups excluding carboxylic acids is 1. The van der Waals surface area contributed by atoms with E-state index in [1.165, 1.54) is 6.92 Å². The lowest BCUT2D eigenvalue weighted by Crippen LogP contribution is -2.44. The number of fused-ring (bicyclic) bond motifs is 1. The number of carbonyl (C=O) groups is 1. The van der Waals surface area contributed by atoms with Crippen molar-refractivity contribution in [1.29, 1.82) is 0 Å². The normalized spacial score (nSPS) is 26.5. The zero-order valence-electron chi connectivity index (χ0n) is 7.28. The summed E-state index contributed by atoms with van der Waals surface area (Å²) < 4.78 is 5.24. The maximum Gasteiger partial charge on any atom is 0.201 e. The first kappa shape index (κ1) is 8.26. The molecule has 3 nitrogen and oxygen atoms in total. The van der Waals surface area contributed by atoms with E-state index in [4.69, 9.17) is 4.74 Å². The van der Waals surface area contributed by atoms with Crippen molar-refractivity contribution in [3.05, 3.63) is 29.8 Å². The number of hydrogen-bond donors (Lipinski definition) is 1. The molecule has 3 heteroatoms. The summed E-state index contributed by atoms with van der Waals surface area (Å²) in [6.07, 6.45) is 0. The van der Waals surface area contributed by atoms with Gasteiger partial charge >= 0.3 is 0 Å². The minimum Gasteiger partial charge on any atom is -0.489 e. The Morgan fingerprint density at radius 3 is 2.92 bits per heavy atom. The van der Waals surface area contributed by atoms with E-state index in [2.05, 4.69) is 0 Å². The van der Waals surface area contributed by atoms with Gasteiger partial charge in [0.05, 0.1) is 5.56 Å². The molecule has 0 aliphatic carbocycles. The van der Waals surface area contributed by atoms with E-state index in [0.29, 0.717) is 11.3 Å². The maximum absolute atomic E-state index is 11.6. The molecule has 0 saturated heterocycles. The molecule has 68 valence electrons. The Labute approximate surface area is 76.0 Å². The lowest BCUT2D eigenvalue weighted by atomic mass is 9.93. The average Bonchev–Trinajstić information content (AvgIpc) is 2.13. The second-order valence-corrected chi connectivity index (χ2v) is 3.39. The van der Waals surface area contributed by atoms with Crippen molar-refractivity contribution in [2.24, 2.45) is 0 Å². The quantitative estimate of drug-likeness (QED) is 0.645. The summed E-state index contributed by atoms with van der Waals surface area (Å²) in [5.74, 6) is 0.286. The second kappa shape index (κ2) is 2.57. The standard InChI is InChI=1S/C10H10O3/c1-10(12)6-13-8-5-3-2-4-7(8)9(10)11/h2-5,12H,6H2,1H3. The van der Waals surface area contributed by atoms with Crippen molar-refractivity contribution in [2.45, 2.75) is 12.5 Å². The fourth-order valence-corrected chi connectivity index (χ4v) is 1.35. The van der Waals surface area contributed by atoms with Crippen LogP contribution < -0.4 is 4.74 Å². The molecule has 1 aliphatic rings. The van der Waals surface area contributed by atoms with Crippen LogP contribution in [0.2, 0.25) is 0 Å². The summed E-state index contributed by atoms with van der Waals surface area (Å²) in [4.78, 5) is 11.6. The molecule has 0 radical (unpaired) electrons. The van der Waals surface area contributed by atoms with Crippen LogP contribution >= 0.6 is 0 Å². The van der Waals surface area contributed by atoms with Crippen LogP contribution in [0.4, 0.5) is 0 Å². The first-order valence-corrected chi connectivity index (χ1v) is 4.10. The number of aliphatic hydroxyl groups is 1. The summed E-state index contributed by atoms with van der Waals surface area (Å²) in [6, 6.07) is 6.93. The van der Waals surface area contributed by atoms with Crippen LogP contribution in [0.15, 0.2) is 24.3 Å². The van der Waals surface area contributed by atoms with Gasteiger partial charge in [0.25, 0.3) is 0 Å². The van der Waals surface area contributed by atoms with Crippen molar-refractivity contribution in [3.8, 4) is 5.75 Å². The summed E-state index contributed by atoms with van der Waals surface area (Å²) in [5.41, 5.74) is -0.923. The Kier molecular flexibility index (Phi) is 1.63. The van der Waals surface area contributed by atoms with Crippen LogP contribution in [0.25, 0.3) is 0 Å². The molecule has 1 aliphatic heterocycles. The van der Waals surface area contributed by atoms with Gasteiger partial charge in [-0.1, -0.05) is 12.1 Å². The molecule has 1 heterocycles. The third kappa shape index (κ3) is 1.21. The van der Waals surface area contributed by atoms with Gasteiger partial charge in [-0.25, -0.2) is 0 Å². The highest BCUT2D eigenvalue weighted by molar-refractivity contribution is 6.05. The van der Waals surface area contributed by atoms with E-state index in [-0.39, 0.29) is 12.4 Å². The molecule has 1 atom stereocenters. The summed E-state index contributed by atoms with van der Waals surface area (Å²) in [6.45, 7) is 1.49. The van der Waals surface area contributed by atoms with Crippen molar-refractivity contribution in [3.63, 3.8) is 0 Å².